The zero-order chi connectivity index (χ0) is 21.0. The number of hydrogen-bond acceptors (Lipinski definition) is 9. The number of morpholine rings is 1. The third-order valence-corrected chi connectivity index (χ3v) is 6.79. The van der Waals surface area contributed by atoms with Crippen molar-refractivity contribution in [1.82, 2.24) is 34.4 Å². The summed E-state index contributed by atoms with van der Waals surface area (Å²) in [6.45, 7) is 5.32. The highest BCUT2D eigenvalue weighted by molar-refractivity contribution is 7.96. The number of anilines is 1. The number of nitrogens with one attached hydrogen (secondary N) is 2. The predicted molar refractivity (Wildman–Crippen MR) is 123 cm³/mol. The molecule has 1 atom stereocenters. The second-order valence-electron chi connectivity index (χ2n) is 7.91. The molecule has 2 N–H and O–H groups in total. The summed E-state index contributed by atoms with van der Waals surface area (Å²) in [5, 5.41) is 11.5. The number of rotatable bonds is 6. The standard InChI is InChI=1S/C21H28N8OS/c1-31-28-7-2-16(3-8-28)29-14-15(11-26-29)18-10-19-20(24-5-4-23-19)21(27-18)25-13-17-12-22-6-9-30-17/h4-5,10-11,14,16-17,22H,2-3,6-9,12-13H2,1H3,(H,25,27)/t17-/m0/s1. The summed E-state index contributed by atoms with van der Waals surface area (Å²) in [6, 6.07) is 2.43. The van der Waals surface area contributed by atoms with Crippen LogP contribution in [0.25, 0.3) is 22.3 Å². The molecule has 0 spiro atoms. The molecule has 2 fully saturated rings. The molecule has 10 heteroatoms. The van der Waals surface area contributed by atoms with E-state index in [9.17, 15) is 0 Å². The summed E-state index contributed by atoms with van der Waals surface area (Å²) in [5.74, 6) is 0.732. The Morgan fingerprint density at radius 1 is 1.26 bits per heavy atom. The molecule has 2 aliphatic rings. The van der Waals surface area contributed by atoms with E-state index in [1.165, 1.54) is 0 Å². The van der Waals surface area contributed by atoms with Crippen LogP contribution < -0.4 is 10.6 Å². The van der Waals surface area contributed by atoms with Gasteiger partial charge in [0, 0.05) is 56.9 Å². The van der Waals surface area contributed by atoms with E-state index < -0.39 is 0 Å². The third kappa shape index (κ3) is 4.67. The lowest BCUT2D eigenvalue weighted by Gasteiger charge is -2.30. The Kier molecular flexibility index (Phi) is 6.30. The van der Waals surface area contributed by atoms with Crippen LogP contribution in [0.2, 0.25) is 0 Å². The molecule has 0 amide bonds. The van der Waals surface area contributed by atoms with E-state index >= 15 is 0 Å². The summed E-state index contributed by atoms with van der Waals surface area (Å²) < 4.78 is 10.3. The van der Waals surface area contributed by atoms with Crippen LogP contribution in [-0.2, 0) is 4.74 Å². The molecule has 0 aromatic carbocycles. The molecule has 2 aliphatic heterocycles. The summed E-state index contributed by atoms with van der Waals surface area (Å²) in [4.78, 5) is 13.9. The zero-order valence-electron chi connectivity index (χ0n) is 17.7. The van der Waals surface area contributed by atoms with E-state index in [0.717, 1.165) is 73.7 Å². The van der Waals surface area contributed by atoms with Crippen molar-refractivity contribution in [2.75, 3.05) is 50.9 Å². The molecule has 3 aromatic heterocycles. The summed E-state index contributed by atoms with van der Waals surface area (Å²) in [7, 11) is 0. The molecule has 5 heterocycles. The van der Waals surface area contributed by atoms with E-state index in [2.05, 4.69) is 47.1 Å². The first-order chi connectivity index (χ1) is 15.3. The topological polar surface area (TPSA) is 93.0 Å². The molecule has 0 aliphatic carbocycles. The molecule has 164 valence electrons. The van der Waals surface area contributed by atoms with Crippen LogP contribution in [0.4, 0.5) is 5.82 Å². The van der Waals surface area contributed by atoms with Gasteiger partial charge in [-0.1, -0.05) is 11.9 Å². The van der Waals surface area contributed by atoms with Crippen molar-refractivity contribution >= 4 is 28.8 Å². The van der Waals surface area contributed by atoms with Gasteiger partial charge in [-0.2, -0.15) is 5.10 Å². The van der Waals surface area contributed by atoms with Gasteiger partial charge < -0.3 is 15.4 Å². The fourth-order valence-corrected chi connectivity index (χ4v) is 4.74. The van der Waals surface area contributed by atoms with Crippen molar-refractivity contribution < 1.29 is 4.74 Å². The number of fused-ring (bicyclic) bond motifs is 1. The second kappa shape index (κ2) is 9.47. The minimum atomic E-state index is 0.112. The summed E-state index contributed by atoms with van der Waals surface area (Å²) in [5.41, 5.74) is 3.44. The van der Waals surface area contributed by atoms with Gasteiger partial charge in [-0.25, -0.2) is 9.97 Å². The highest BCUT2D eigenvalue weighted by atomic mass is 32.2. The normalized spacial score (nSPS) is 20.9. The number of pyridine rings is 1. The molecule has 0 radical (unpaired) electrons. The lowest BCUT2D eigenvalue weighted by molar-refractivity contribution is 0.0372. The molecule has 31 heavy (non-hydrogen) atoms. The second-order valence-corrected chi connectivity index (χ2v) is 8.79. The molecule has 5 rings (SSSR count). The Hall–Kier alpha value is -2.27. The first-order valence-corrected chi connectivity index (χ1v) is 12.0. The van der Waals surface area contributed by atoms with Gasteiger partial charge in [0.15, 0.2) is 5.82 Å². The van der Waals surface area contributed by atoms with Gasteiger partial charge in [0.25, 0.3) is 0 Å². The Bertz CT molecular complexity index is 1010. The van der Waals surface area contributed by atoms with E-state index in [4.69, 9.17) is 9.72 Å². The van der Waals surface area contributed by atoms with Crippen molar-refractivity contribution in [1.29, 1.82) is 0 Å². The van der Waals surface area contributed by atoms with Crippen LogP contribution in [0.5, 0.6) is 0 Å². The van der Waals surface area contributed by atoms with Gasteiger partial charge in [-0.05, 0) is 25.2 Å². The van der Waals surface area contributed by atoms with E-state index in [-0.39, 0.29) is 6.10 Å². The molecular weight excluding hydrogens is 412 g/mol. The van der Waals surface area contributed by atoms with Gasteiger partial charge >= 0.3 is 0 Å². The fourth-order valence-electron chi connectivity index (χ4n) is 4.16. The first-order valence-electron chi connectivity index (χ1n) is 10.8. The van der Waals surface area contributed by atoms with Crippen molar-refractivity contribution in [2.24, 2.45) is 0 Å². The van der Waals surface area contributed by atoms with Gasteiger partial charge in [0.2, 0.25) is 0 Å². The average Bonchev–Trinajstić information content (AvgIpc) is 3.33. The summed E-state index contributed by atoms with van der Waals surface area (Å²) >= 11 is 1.82. The molecule has 9 nitrogen and oxygen atoms in total. The third-order valence-electron chi connectivity index (χ3n) is 5.91. The highest BCUT2D eigenvalue weighted by Gasteiger charge is 2.21. The predicted octanol–water partition coefficient (Wildman–Crippen LogP) is 2.20. The van der Waals surface area contributed by atoms with Crippen LogP contribution in [0.15, 0.2) is 30.9 Å². The Morgan fingerprint density at radius 2 is 2.13 bits per heavy atom. The average molecular weight is 441 g/mol. The number of ether oxygens (including phenoxy) is 1. The quantitative estimate of drug-likeness (QED) is 0.560. The maximum atomic E-state index is 5.81. The minimum Gasteiger partial charge on any atom is -0.374 e. The van der Waals surface area contributed by atoms with Crippen LogP contribution in [0.3, 0.4) is 0 Å². The van der Waals surface area contributed by atoms with Crippen molar-refractivity contribution in [3.63, 3.8) is 0 Å². The molecule has 0 bridgehead atoms. The summed E-state index contributed by atoms with van der Waals surface area (Å²) in [6.07, 6.45) is 11.9. The highest BCUT2D eigenvalue weighted by Crippen LogP contribution is 2.29. The lowest BCUT2D eigenvalue weighted by Crippen LogP contribution is -2.42. The van der Waals surface area contributed by atoms with Gasteiger partial charge in [0.1, 0.15) is 5.52 Å². The van der Waals surface area contributed by atoms with Gasteiger partial charge in [-0.3, -0.25) is 14.0 Å². The van der Waals surface area contributed by atoms with Crippen LogP contribution >= 0.6 is 11.9 Å². The Balaban J connectivity index is 1.38. The first kappa shape index (κ1) is 20.6. The number of nitrogens with zero attached hydrogens (tertiary/aromatic N) is 6. The molecule has 3 aromatic rings. The maximum absolute atomic E-state index is 5.81. The van der Waals surface area contributed by atoms with E-state index in [0.29, 0.717) is 12.6 Å². The lowest BCUT2D eigenvalue weighted by atomic mass is 10.1. The maximum Gasteiger partial charge on any atom is 0.154 e. The van der Waals surface area contributed by atoms with Crippen molar-refractivity contribution in [3.8, 4) is 11.3 Å². The Morgan fingerprint density at radius 3 is 2.94 bits per heavy atom. The molecular formula is C21H28N8OS. The monoisotopic (exact) mass is 440 g/mol. The Labute approximate surface area is 186 Å². The van der Waals surface area contributed by atoms with Crippen molar-refractivity contribution in [3.05, 3.63) is 30.9 Å². The van der Waals surface area contributed by atoms with Gasteiger partial charge in [0.05, 0.1) is 36.2 Å². The van der Waals surface area contributed by atoms with Crippen LogP contribution in [-0.4, -0.2) is 80.7 Å². The minimum absolute atomic E-state index is 0.112. The van der Waals surface area contributed by atoms with E-state index in [1.54, 1.807) is 12.4 Å². The largest absolute Gasteiger partial charge is 0.374 e. The smallest absolute Gasteiger partial charge is 0.154 e. The number of aromatic nitrogens is 5. The SMILES string of the molecule is CSN1CCC(n2cc(-c3cc4nccnc4c(NC[C@@H]4CNCCO4)n3)cn2)CC1. The fraction of sp³-hybridized carbons (Fsp3) is 0.524. The molecule has 0 saturated carbocycles. The molecule has 2 saturated heterocycles. The zero-order valence-corrected chi connectivity index (χ0v) is 18.5. The number of piperidine rings is 1. The van der Waals surface area contributed by atoms with Crippen LogP contribution in [0, 0.1) is 0 Å². The van der Waals surface area contributed by atoms with Crippen LogP contribution in [0.1, 0.15) is 18.9 Å². The molecule has 0 unspecified atom stereocenters. The van der Waals surface area contributed by atoms with E-state index in [1.807, 2.05) is 24.2 Å². The van der Waals surface area contributed by atoms with Gasteiger partial charge in [-0.15, -0.1) is 0 Å². The van der Waals surface area contributed by atoms with Crippen molar-refractivity contribution in [2.45, 2.75) is 25.0 Å². The number of hydrogen-bond donors (Lipinski definition) is 2.